The Morgan fingerprint density at radius 3 is 2.58 bits per heavy atom. The van der Waals surface area contributed by atoms with Crippen molar-refractivity contribution >= 4 is 17.9 Å². The minimum absolute atomic E-state index is 0.376. The van der Waals surface area contributed by atoms with Crippen molar-refractivity contribution in [3.8, 4) is 5.75 Å². The van der Waals surface area contributed by atoms with Crippen LogP contribution in [0.3, 0.4) is 0 Å². The van der Waals surface area contributed by atoms with E-state index in [1.54, 1.807) is 0 Å². The maximum atomic E-state index is 10.0. The fourth-order valence-electron chi connectivity index (χ4n) is 2.18. The number of benzene rings is 2. The Bertz CT molecular complexity index is 539. The van der Waals surface area contributed by atoms with Gasteiger partial charge in [-0.2, -0.15) is 0 Å². The first-order chi connectivity index (χ1) is 9.08. The quantitative estimate of drug-likeness (QED) is 0.809. The highest BCUT2D eigenvalue weighted by Gasteiger charge is 2.26. The molecule has 1 atom stereocenters. The lowest BCUT2D eigenvalue weighted by molar-refractivity contribution is 0.381. The van der Waals surface area contributed by atoms with E-state index in [4.69, 9.17) is 10.4 Å². The number of nitrogens with two attached hydrogens (primary N) is 1. The Morgan fingerprint density at radius 1 is 1.16 bits per heavy atom. The van der Waals surface area contributed by atoms with Crippen molar-refractivity contribution in [1.29, 1.82) is 0 Å². The van der Waals surface area contributed by atoms with Crippen molar-refractivity contribution in [3.63, 3.8) is 0 Å². The van der Waals surface area contributed by atoms with Crippen LogP contribution in [0.1, 0.15) is 20.3 Å². The Morgan fingerprint density at radius 2 is 1.84 bits per heavy atom. The van der Waals surface area contributed by atoms with Gasteiger partial charge in [0.1, 0.15) is 5.75 Å². The van der Waals surface area contributed by atoms with E-state index in [0.717, 1.165) is 17.2 Å². The summed E-state index contributed by atoms with van der Waals surface area (Å²) in [5, 5.41) is 12.1. The number of hydrogen-bond acceptors (Lipinski definition) is 3. The molecule has 0 saturated heterocycles. The van der Waals surface area contributed by atoms with Crippen molar-refractivity contribution in [2.24, 2.45) is 11.7 Å². The molecule has 0 unspecified atom stereocenters. The van der Waals surface area contributed by atoms with Gasteiger partial charge in [-0.05, 0) is 23.8 Å². The van der Waals surface area contributed by atoms with E-state index >= 15 is 0 Å². The van der Waals surface area contributed by atoms with Gasteiger partial charge in [0.15, 0.2) is 0 Å². The predicted molar refractivity (Wildman–Crippen MR) is 80.0 cm³/mol. The van der Waals surface area contributed by atoms with Gasteiger partial charge in [-0.3, -0.25) is 0 Å². The molecular formula is C15H20BNO2. The largest absolute Gasteiger partial charge is 0.540 e. The van der Waals surface area contributed by atoms with Gasteiger partial charge in [-0.1, -0.05) is 50.2 Å². The first-order valence-corrected chi connectivity index (χ1v) is 6.66. The normalized spacial score (nSPS) is 12.7. The molecule has 2 aromatic rings. The smallest absolute Gasteiger partial charge is 0.535 e. The molecule has 0 heterocycles. The molecule has 0 aliphatic carbocycles. The highest BCUT2D eigenvalue weighted by Crippen LogP contribution is 2.25. The van der Waals surface area contributed by atoms with Crippen LogP contribution in [0.4, 0.5) is 0 Å². The zero-order chi connectivity index (χ0) is 13.8. The van der Waals surface area contributed by atoms with Crippen LogP contribution in [-0.2, 0) is 0 Å². The highest BCUT2D eigenvalue weighted by molar-refractivity contribution is 6.46. The molecule has 19 heavy (non-hydrogen) atoms. The van der Waals surface area contributed by atoms with Gasteiger partial charge in [0, 0.05) is 5.39 Å². The Balaban J connectivity index is 2.17. The molecule has 4 heteroatoms. The van der Waals surface area contributed by atoms with E-state index in [1.807, 2.05) is 42.5 Å². The van der Waals surface area contributed by atoms with Gasteiger partial charge >= 0.3 is 7.12 Å². The van der Waals surface area contributed by atoms with Crippen LogP contribution in [0.15, 0.2) is 42.5 Å². The molecule has 3 N–H and O–H groups in total. The molecule has 0 aliphatic heterocycles. The summed E-state index contributed by atoms with van der Waals surface area (Å²) in [7, 11) is -0.979. The van der Waals surface area contributed by atoms with Gasteiger partial charge in [-0.15, -0.1) is 0 Å². The zero-order valence-electron chi connectivity index (χ0n) is 11.4. The lowest BCUT2D eigenvalue weighted by Gasteiger charge is -2.18. The van der Waals surface area contributed by atoms with E-state index in [9.17, 15) is 5.02 Å². The Kier molecular flexibility index (Phi) is 4.45. The van der Waals surface area contributed by atoms with Crippen LogP contribution in [0.25, 0.3) is 10.8 Å². The highest BCUT2D eigenvalue weighted by atomic mass is 16.5. The third-order valence-corrected chi connectivity index (χ3v) is 3.11. The second kappa shape index (κ2) is 6.09. The third kappa shape index (κ3) is 3.49. The molecule has 0 bridgehead atoms. The molecule has 0 aliphatic rings. The number of rotatable bonds is 5. The lowest BCUT2D eigenvalue weighted by atomic mass is 9.75. The maximum Gasteiger partial charge on any atom is 0.540 e. The molecule has 0 fully saturated rings. The van der Waals surface area contributed by atoms with Crippen LogP contribution in [0.2, 0.25) is 0 Å². The molecule has 0 saturated carbocycles. The first kappa shape index (κ1) is 13.9. The van der Waals surface area contributed by atoms with Crippen LogP contribution < -0.4 is 10.4 Å². The molecule has 2 aromatic carbocycles. The van der Waals surface area contributed by atoms with Gasteiger partial charge < -0.3 is 15.4 Å². The average molecular weight is 257 g/mol. The summed E-state index contributed by atoms with van der Waals surface area (Å²) >= 11 is 0. The minimum atomic E-state index is -0.979. The number of hydrogen-bond donors (Lipinski definition) is 2. The molecule has 0 amide bonds. The second-order valence-corrected chi connectivity index (χ2v) is 5.28. The summed E-state index contributed by atoms with van der Waals surface area (Å²) in [5.41, 5.74) is 5.94. The monoisotopic (exact) mass is 257 g/mol. The summed E-state index contributed by atoms with van der Waals surface area (Å²) in [5.74, 6) is 0.726. The van der Waals surface area contributed by atoms with Gasteiger partial charge in [0.05, 0.1) is 5.94 Å². The molecule has 0 spiro atoms. The predicted octanol–water partition coefficient (Wildman–Crippen LogP) is 2.61. The van der Waals surface area contributed by atoms with E-state index in [1.165, 1.54) is 0 Å². The molecule has 3 nitrogen and oxygen atoms in total. The van der Waals surface area contributed by atoms with E-state index in [0.29, 0.717) is 11.7 Å². The molecule has 100 valence electrons. The van der Waals surface area contributed by atoms with E-state index in [2.05, 4.69) is 13.8 Å². The summed E-state index contributed by atoms with van der Waals surface area (Å²) in [4.78, 5) is 0. The van der Waals surface area contributed by atoms with Crippen LogP contribution in [0, 0.1) is 5.92 Å². The lowest BCUT2D eigenvalue weighted by Crippen LogP contribution is -2.44. The maximum absolute atomic E-state index is 10.0. The van der Waals surface area contributed by atoms with Crippen molar-refractivity contribution in [2.75, 3.05) is 0 Å². The van der Waals surface area contributed by atoms with E-state index < -0.39 is 7.12 Å². The topological polar surface area (TPSA) is 55.5 Å². The molecular weight excluding hydrogens is 237 g/mol. The molecule has 0 aromatic heterocycles. The standard InChI is InChI=1S/C15H20BNO2/c1-11(2)10-15(17)16(18)19-14-9-5-7-12-6-3-4-8-13(12)14/h3-9,11,15,18H,10,17H2,1-2H3/t15-/m0/s1. The summed E-state index contributed by atoms with van der Waals surface area (Å²) in [6, 6.07) is 13.7. The number of fused-ring (bicyclic) bond motifs is 1. The average Bonchev–Trinajstić information content (AvgIpc) is 2.38. The Labute approximate surface area is 114 Å². The van der Waals surface area contributed by atoms with Crippen LogP contribution in [0.5, 0.6) is 5.75 Å². The van der Waals surface area contributed by atoms with Crippen LogP contribution >= 0.6 is 0 Å². The fraction of sp³-hybridized carbons (Fsp3) is 0.333. The Hall–Kier alpha value is -1.52. The van der Waals surface area contributed by atoms with Gasteiger partial charge in [0.25, 0.3) is 0 Å². The van der Waals surface area contributed by atoms with Crippen molar-refractivity contribution < 1.29 is 9.68 Å². The molecule has 2 rings (SSSR count). The summed E-state index contributed by atoms with van der Waals surface area (Å²) < 4.78 is 5.62. The zero-order valence-corrected chi connectivity index (χ0v) is 11.4. The van der Waals surface area contributed by atoms with Crippen molar-refractivity contribution in [3.05, 3.63) is 42.5 Å². The summed E-state index contributed by atoms with van der Waals surface area (Å²) in [6.07, 6.45) is 0.728. The SMILES string of the molecule is CC(C)C[C@H](N)B(O)Oc1cccc2ccccc12. The van der Waals surface area contributed by atoms with Crippen molar-refractivity contribution in [2.45, 2.75) is 26.2 Å². The van der Waals surface area contributed by atoms with Crippen LogP contribution in [-0.4, -0.2) is 18.1 Å². The van der Waals surface area contributed by atoms with Crippen molar-refractivity contribution in [1.82, 2.24) is 0 Å². The van der Waals surface area contributed by atoms with Gasteiger partial charge in [-0.25, -0.2) is 0 Å². The van der Waals surface area contributed by atoms with Gasteiger partial charge in [0.2, 0.25) is 0 Å². The first-order valence-electron chi connectivity index (χ1n) is 6.66. The third-order valence-electron chi connectivity index (χ3n) is 3.11. The van der Waals surface area contributed by atoms with E-state index in [-0.39, 0.29) is 5.94 Å². The summed E-state index contributed by atoms with van der Waals surface area (Å²) in [6.45, 7) is 4.15. The molecule has 0 radical (unpaired) electrons. The minimum Gasteiger partial charge on any atom is -0.535 e. The fourth-order valence-corrected chi connectivity index (χ4v) is 2.18. The second-order valence-electron chi connectivity index (χ2n) is 5.28.